The average molecular weight is 819 g/mol. The number of halogens is 4. The average Bonchev–Trinajstić information content (AvgIpc) is 3.74. The monoisotopic (exact) mass is 818 g/mol. The summed E-state index contributed by atoms with van der Waals surface area (Å²) in [4.78, 5) is 23.1. The Morgan fingerprint density at radius 3 is 1.48 bits per heavy atom. The molecule has 10 nitrogen and oxygen atoms in total. The summed E-state index contributed by atoms with van der Waals surface area (Å²) >= 11 is 1.78. The lowest BCUT2D eigenvalue weighted by atomic mass is 10.2. The zero-order valence-corrected chi connectivity index (χ0v) is 32.8. The quantitative estimate of drug-likeness (QED) is 0.132. The van der Waals surface area contributed by atoms with Gasteiger partial charge in [-0.15, -0.1) is 0 Å². The number of nitrogens with zero attached hydrogens (tertiary/aromatic N) is 2. The number of thioether (sulfide) groups is 1. The smallest absolute Gasteiger partial charge is 0.387 e. The van der Waals surface area contributed by atoms with Gasteiger partial charge in [-0.25, -0.2) is 8.42 Å². The van der Waals surface area contributed by atoms with E-state index in [1.54, 1.807) is 68.2 Å². The highest BCUT2D eigenvalue weighted by molar-refractivity contribution is 7.99. The minimum Gasteiger partial charge on any atom is -0.486 e. The predicted octanol–water partition coefficient (Wildman–Crippen LogP) is 7.84. The fourth-order valence-electron chi connectivity index (χ4n) is 6.18. The first kappa shape index (κ1) is 42.2. The van der Waals surface area contributed by atoms with Crippen LogP contribution in [-0.4, -0.2) is 66.0 Å². The van der Waals surface area contributed by atoms with Crippen LogP contribution in [0.15, 0.2) is 70.3 Å². The summed E-state index contributed by atoms with van der Waals surface area (Å²) in [6, 6.07) is 15.5. The Hall–Kier alpha value is -4.96. The summed E-state index contributed by atoms with van der Waals surface area (Å²) in [7, 11) is -3.18. The number of hydrogen-bond donors (Lipinski definition) is 0. The van der Waals surface area contributed by atoms with E-state index in [-0.39, 0.29) is 45.7 Å². The molecule has 0 amide bonds. The third-order valence-electron chi connectivity index (χ3n) is 8.79. The Kier molecular flexibility index (Phi) is 14.2. The molecule has 2 aliphatic heterocycles. The Morgan fingerprint density at radius 2 is 1.11 bits per heavy atom. The normalized spacial score (nSPS) is 17.8. The van der Waals surface area contributed by atoms with Gasteiger partial charge in [-0.05, 0) is 93.8 Å². The summed E-state index contributed by atoms with van der Waals surface area (Å²) in [5.74, 6) is 1.95. The highest BCUT2D eigenvalue weighted by Gasteiger charge is 2.30. The van der Waals surface area contributed by atoms with Gasteiger partial charge in [0.25, 0.3) is 0 Å². The van der Waals surface area contributed by atoms with Gasteiger partial charge in [0.1, 0.15) is 12.2 Å². The van der Waals surface area contributed by atoms with Crippen molar-refractivity contribution in [2.75, 3.05) is 23.0 Å². The number of ether oxygens (including phenoxy) is 4. The molecule has 2 aliphatic rings. The topological polar surface area (TPSA) is 115 Å². The molecule has 0 radical (unpaired) electrons. The second kappa shape index (κ2) is 18.8. The summed E-state index contributed by atoms with van der Waals surface area (Å²) in [5, 5.41) is 0. The molecule has 2 unspecified atom stereocenters. The molecule has 6 rings (SSSR count). The highest BCUT2D eigenvalue weighted by atomic mass is 32.2. The van der Waals surface area contributed by atoms with Crippen molar-refractivity contribution in [3.05, 3.63) is 115 Å². The predicted molar refractivity (Wildman–Crippen MR) is 211 cm³/mol. The molecule has 4 heterocycles. The second-order valence-electron chi connectivity index (χ2n) is 13.2. The van der Waals surface area contributed by atoms with Crippen LogP contribution in [0.1, 0.15) is 46.7 Å². The van der Waals surface area contributed by atoms with Gasteiger partial charge in [0.05, 0.1) is 11.5 Å². The molecule has 16 heteroatoms. The van der Waals surface area contributed by atoms with Crippen LogP contribution in [0.25, 0.3) is 24.6 Å². The largest absolute Gasteiger partial charge is 0.486 e. The first-order chi connectivity index (χ1) is 26.5. The van der Waals surface area contributed by atoms with Crippen LogP contribution < -0.4 is 29.8 Å². The maximum atomic E-state index is 12.7. The van der Waals surface area contributed by atoms with Gasteiger partial charge in [-0.3, -0.25) is 9.59 Å². The Balaban J connectivity index is 0.000000215. The fraction of sp³-hybridized carbons (Fsp3) is 0.350. The van der Waals surface area contributed by atoms with E-state index >= 15 is 0 Å². The summed E-state index contributed by atoms with van der Waals surface area (Å²) in [6.07, 6.45) is 7.72. The minimum atomic E-state index is -3.18. The van der Waals surface area contributed by atoms with E-state index in [0.29, 0.717) is 17.7 Å². The third-order valence-corrected chi connectivity index (χ3v) is 11.7. The Morgan fingerprint density at radius 1 is 0.661 bits per heavy atom. The molecule has 56 heavy (non-hydrogen) atoms. The molecule has 2 aromatic carbocycles. The van der Waals surface area contributed by atoms with Crippen molar-refractivity contribution < 1.29 is 44.9 Å². The lowest BCUT2D eigenvalue weighted by Gasteiger charge is -2.17. The molecular formula is C40H42F4N2O8S2. The van der Waals surface area contributed by atoms with Crippen LogP contribution in [0.4, 0.5) is 17.6 Å². The molecule has 300 valence electrons. The number of aryl methyl sites for hydroxylation is 4. The van der Waals surface area contributed by atoms with Crippen LogP contribution >= 0.6 is 11.8 Å². The van der Waals surface area contributed by atoms with Gasteiger partial charge in [0.2, 0.25) is 0 Å². The van der Waals surface area contributed by atoms with E-state index in [4.69, 9.17) is 9.47 Å². The van der Waals surface area contributed by atoms with Crippen LogP contribution in [0.2, 0.25) is 0 Å². The van der Waals surface area contributed by atoms with Gasteiger partial charge in [-0.2, -0.15) is 29.3 Å². The first-order valence-corrected chi connectivity index (χ1v) is 20.6. The zero-order valence-electron chi connectivity index (χ0n) is 31.1. The standard InChI is InChI=1S/C20H21F2NO5S.C20H21F2NO3S/c1-13-9-16(24)10-14(2)23(13)7-5-15-3-4-18(28-20(21)22)19(11-15)27-17-6-8-29(25,26)12-17;1-13-9-16(24)10-14(2)23(13)7-5-15-3-4-18(26-20(21)22)19(11-15)25-17-6-8-27-12-17/h3-5,7,9-11,17,20H,6,8,12H2,1-2H3;3-5,7,9-11,17,20H,6,8,12H2,1-2H3/b2*7-5+. The van der Waals surface area contributed by atoms with Gasteiger partial charge in [0, 0.05) is 65.2 Å². The zero-order chi connectivity index (χ0) is 40.6. The van der Waals surface area contributed by atoms with Gasteiger partial charge in [-0.1, -0.05) is 12.1 Å². The number of benzene rings is 2. The molecule has 2 atom stereocenters. The molecule has 0 aliphatic carbocycles. The van der Waals surface area contributed by atoms with Crippen molar-refractivity contribution in [1.82, 2.24) is 9.13 Å². The number of aromatic nitrogens is 2. The van der Waals surface area contributed by atoms with Crippen LogP contribution in [0.3, 0.4) is 0 Å². The molecular weight excluding hydrogens is 777 g/mol. The van der Waals surface area contributed by atoms with E-state index in [0.717, 1.165) is 46.3 Å². The number of alkyl halides is 4. The van der Waals surface area contributed by atoms with Crippen molar-refractivity contribution in [2.45, 2.75) is 66.0 Å². The SMILES string of the molecule is Cc1cc(=O)cc(C)n1/C=C/c1ccc(OC(F)F)c(OC2CCS(=O)(=O)C2)c1.Cc1cc(=O)cc(C)n1/C=C/c1ccc(OC(F)F)c(OC2CCSC2)c1. The molecule has 0 bridgehead atoms. The van der Waals surface area contributed by atoms with Gasteiger partial charge >= 0.3 is 13.2 Å². The molecule has 0 N–H and O–H groups in total. The number of rotatable bonds is 12. The molecule has 0 spiro atoms. The molecule has 2 aromatic heterocycles. The first-order valence-electron chi connectivity index (χ1n) is 17.6. The van der Waals surface area contributed by atoms with Crippen LogP contribution in [0, 0.1) is 27.7 Å². The van der Waals surface area contributed by atoms with Gasteiger partial charge < -0.3 is 28.1 Å². The van der Waals surface area contributed by atoms with E-state index < -0.39 is 29.2 Å². The summed E-state index contributed by atoms with van der Waals surface area (Å²) < 4.78 is 98.5. The van der Waals surface area contributed by atoms with Crippen LogP contribution in [-0.2, 0) is 9.84 Å². The van der Waals surface area contributed by atoms with E-state index in [9.17, 15) is 35.6 Å². The van der Waals surface area contributed by atoms with Crippen molar-refractivity contribution in [3.63, 3.8) is 0 Å². The van der Waals surface area contributed by atoms with Crippen LogP contribution in [0.5, 0.6) is 23.0 Å². The number of sulfone groups is 1. The molecule has 2 saturated heterocycles. The number of pyridine rings is 2. The van der Waals surface area contributed by atoms with Crippen molar-refractivity contribution in [2.24, 2.45) is 0 Å². The second-order valence-corrected chi connectivity index (χ2v) is 16.6. The number of hydrogen-bond acceptors (Lipinski definition) is 9. The lowest BCUT2D eigenvalue weighted by molar-refractivity contribution is -0.0525. The summed E-state index contributed by atoms with van der Waals surface area (Å²) in [5.41, 5.74) is 4.43. The van der Waals surface area contributed by atoms with Crippen molar-refractivity contribution in [1.29, 1.82) is 0 Å². The Labute approximate surface area is 326 Å². The van der Waals surface area contributed by atoms with E-state index in [2.05, 4.69) is 9.47 Å². The molecule has 2 fully saturated rings. The van der Waals surface area contributed by atoms with Crippen molar-refractivity contribution >= 4 is 46.2 Å². The molecule has 4 aromatic rings. The maximum absolute atomic E-state index is 12.7. The van der Waals surface area contributed by atoms with Gasteiger partial charge in [0.15, 0.2) is 43.7 Å². The molecule has 0 saturated carbocycles. The third kappa shape index (κ3) is 12.0. The van der Waals surface area contributed by atoms with E-state index in [1.165, 1.54) is 30.3 Å². The Bertz CT molecular complexity index is 2250. The maximum Gasteiger partial charge on any atom is 0.387 e. The van der Waals surface area contributed by atoms with E-state index in [1.807, 2.05) is 35.3 Å². The summed E-state index contributed by atoms with van der Waals surface area (Å²) in [6.45, 7) is 1.37. The minimum absolute atomic E-state index is 0.00212. The van der Waals surface area contributed by atoms with Crippen molar-refractivity contribution in [3.8, 4) is 23.0 Å². The fourth-order valence-corrected chi connectivity index (χ4v) is 8.86. The lowest BCUT2D eigenvalue weighted by Crippen LogP contribution is -2.18. The highest BCUT2D eigenvalue weighted by Crippen LogP contribution is 2.35.